The van der Waals surface area contributed by atoms with Gasteiger partial charge in [0.15, 0.2) is 0 Å². The van der Waals surface area contributed by atoms with Crippen molar-refractivity contribution in [3.05, 3.63) is 120 Å². The largest absolute Gasteiger partial charge is 0.265 e. The summed E-state index contributed by atoms with van der Waals surface area (Å²) in [6.07, 6.45) is 11.3. The second-order valence-corrected chi connectivity index (χ2v) is 7.17. The van der Waals surface area contributed by atoms with Gasteiger partial charge in [-0.25, -0.2) is 0 Å². The van der Waals surface area contributed by atoms with E-state index in [4.69, 9.17) is 9.97 Å². The first kappa shape index (κ1) is 16.8. The van der Waals surface area contributed by atoms with Gasteiger partial charge < -0.3 is 0 Å². The molecule has 28 heavy (non-hydrogen) atoms. The lowest BCUT2D eigenvalue weighted by atomic mass is 9.50. The van der Waals surface area contributed by atoms with E-state index in [9.17, 15) is 0 Å². The van der Waals surface area contributed by atoms with Gasteiger partial charge in [0, 0.05) is 72.2 Å². The molecule has 0 saturated heterocycles. The predicted octanol–water partition coefficient (Wildman–Crippen LogP) is 4.72. The van der Waals surface area contributed by atoms with E-state index in [0.717, 1.165) is 11.4 Å². The van der Waals surface area contributed by atoms with E-state index in [-0.39, 0.29) is 11.8 Å². The molecule has 4 nitrogen and oxygen atoms in total. The van der Waals surface area contributed by atoms with Gasteiger partial charge in [-0.1, -0.05) is 12.1 Å². The van der Waals surface area contributed by atoms with Crippen molar-refractivity contribution in [3.63, 3.8) is 0 Å². The van der Waals surface area contributed by atoms with Crippen molar-refractivity contribution in [1.29, 1.82) is 0 Å². The second kappa shape index (κ2) is 7.31. The fraction of sp³-hybridized carbons (Fsp3) is 0.167. The monoisotopic (exact) mass is 364 g/mol. The lowest BCUT2D eigenvalue weighted by Crippen LogP contribution is -2.40. The van der Waals surface area contributed by atoms with E-state index in [1.807, 2.05) is 49.3 Å². The fourth-order valence-corrected chi connectivity index (χ4v) is 4.63. The second-order valence-electron chi connectivity index (χ2n) is 7.17. The molecule has 1 aliphatic carbocycles. The van der Waals surface area contributed by atoms with Gasteiger partial charge in [-0.3, -0.25) is 19.9 Å². The Morgan fingerprint density at radius 1 is 0.429 bits per heavy atom. The molecule has 5 rings (SSSR count). The molecule has 0 bridgehead atoms. The molecule has 0 radical (unpaired) electrons. The molecule has 4 aromatic rings. The van der Waals surface area contributed by atoms with E-state index < -0.39 is 0 Å². The van der Waals surface area contributed by atoms with Gasteiger partial charge in [-0.05, 0) is 59.7 Å². The van der Waals surface area contributed by atoms with Gasteiger partial charge in [0.05, 0.1) is 0 Å². The molecule has 4 heterocycles. The van der Waals surface area contributed by atoms with Crippen LogP contribution in [-0.4, -0.2) is 19.9 Å². The minimum atomic E-state index is 0.276. The summed E-state index contributed by atoms with van der Waals surface area (Å²) in [6.45, 7) is 0. The van der Waals surface area contributed by atoms with E-state index >= 15 is 0 Å². The van der Waals surface area contributed by atoms with Crippen LogP contribution in [0.5, 0.6) is 0 Å². The average molecular weight is 364 g/mol. The van der Waals surface area contributed by atoms with E-state index in [1.54, 1.807) is 0 Å². The van der Waals surface area contributed by atoms with Gasteiger partial charge in [-0.2, -0.15) is 0 Å². The molecule has 0 atom stereocenters. The minimum absolute atomic E-state index is 0.276. The van der Waals surface area contributed by atoms with Crippen LogP contribution in [0.15, 0.2) is 97.8 Å². The van der Waals surface area contributed by atoms with Crippen LogP contribution in [0.2, 0.25) is 0 Å². The summed E-state index contributed by atoms with van der Waals surface area (Å²) in [6, 6.07) is 20.9. The van der Waals surface area contributed by atoms with Crippen molar-refractivity contribution in [2.45, 2.75) is 23.7 Å². The highest BCUT2D eigenvalue weighted by atomic mass is 14.8. The third-order valence-electron chi connectivity index (χ3n) is 5.79. The van der Waals surface area contributed by atoms with Crippen LogP contribution in [0.3, 0.4) is 0 Å². The first-order valence-electron chi connectivity index (χ1n) is 9.55. The third-order valence-corrected chi connectivity index (χ3v) is 5.79. The zero-order valence-corrected chi connectivity index (χ0v) is 15.3. The van der Waals surface area contributed by atoms with Gasteiger partial charge in [0.2, 0.25) is 0 Å². The number of hydrogen-bond acceptors (Lipinski definition) is 4. The van der Waals surface area contributed by atoms with Crippen molar-refractivity contribution in [2.75, 3.05) is 0 Å². The Balaban J connectivity index is 1.67. The maximum atomic E-state index is 4.73. The Morgan fingerprint density at radius 2 is 0.857 bits per heavy atom. The molecule has 1 aliphatic rings. The standard InChI is InChI=1S/C24H20N4/c1-3-11-27-19(5-1)23-21(17-7-13-25-14-8-17)24(20-6-2-4-12-28-20)22(23)18-9-15-26-16-10-18/h1-16,21-24H. The Kier molecular flexibility index (Phi) is 4.37. The summed E-state index contributed by atoms with van der Waals surface area (Å²) >= 11 is 0. The maximum absolute atomic E-state index is 4.73. The molecular weight excluding hydrogens is 344 g/mol. The highest BCUT2D eigenvalue weighted by molar-refractivity contribution is 5.44. The SMILES string of the molecule is c1ccc(C2C(c3ccncc3)C(c3ccccn3)C2c2ccncc2)nc1. The average Bonchev–Trinajstić information content (AvgIpc) is 2.76. The number of aromatic nitrogens is 4. The third kappa shape index (κ3) is 2.87. The molecular formula is C24H20N4. The molecule has 0 aromatic carbocycles. The van der Waals surface area contributed by atoms with Crippen LogP contribution >= 0.6 is 0 Å². The summed E-state index contributed by atoms with van der Waals surface area (Å²) < 4.78 is 0. The highest BCUT2D eigenvalue weighted by Crippen LogP contribution is 2.65. The summed E-state index contributed by atoms with van der Waals surface area (Å²) in [4.78, 5) is 17.9. The zero-order chi connectivity index (χ0) is 18.8. The summed E-state index contributed by atoms with van der Waals surface area (Å²) in [5.41, 5.74) is 4.81. The van der Waals surface area contributed by atoms with Crippen LogP contribution in [0.4, 0.5) is 0 Å². The first-order chi connectivity index (χ1) is 13.9. The number of hydrogen-bond donors (Lipinski definition) is 0. The quantitative estimate of drug-likeness (QED) is 0.526. The van der Waals surface area contributed by atoms with Crippen molar-refractivity contribution in [2.24, 2.45) is 0 Å². The molecule has 4 heteroatoms. The fourth-order valence-electron chi connectivity index (χ4n) is 4.63. The molecule has 4 aromatic heterocycles. The smallest absolute Gasteiger partial charge is 0.0447 e. The molecule has 0 amide bonds. The van der Waals surface area contributed by atoms with Crippen LogP contribution in [0, 0.1) is 0 Å². The van der Waals surface area contributed by atoms with Crippen molar-refractivity contribution >= 4 is 0 Å². The number of nitrogens with zero attached hydrogens (tertiary/aromatic N) is 4. The van der Waals surface area contributed by atoms with Crippen LogP contribution in [0.1, 0.15) is 46.2 Å². The van der Waals surface area contributed by atoms with Crippen LogP contribution < -0.4 is 0 Å². The van der Waals surface area contributed by atoms with Gasteiger partial charge in [0.25, 0.3) is 0 Å². The molecule has 0 spiro atoms. The van der Waals surface area contributed by atoms with E-state index in [2.05, 4.69) is 58.5 Å². The van der Waals surface area contributed by atoms with Crippen molar-refractivity contribution < 1.29 is 0 Å². The van der Waals surface area contributed by atoms with E-state index in [0.29, 0.717) is 11.8 Å². The van der Waals surface area contributed by atoms with Gasteiger partial charge in [0.1, 0.15) is 0 Å². The molecule has 1 saturated carbocycles. The zero-order valence-electron chi connectivity index (χ0n) is 15.3. The first-order valence-corrected chi connectivity index (χ1v) is 9.55. The summed E-state index contributed by atoms with van der Waals surface area (Å²) in [7, 11) is 0. The predicted molar refractivity (Wildman–Crippen MR) is 108 cm³/mol. The Labute approximate surface area is 164 Å². The van der Waals surface area contributed by atoms with Crippen LogP contribution in [-0.2, 0) is 0 Å². The Bertz CT molecular complexity index is 841. The molecule has 0 aliphatic heterocycles. The van der Waals surface area contributed by atoms with Crippen molar-refractivity contribution in [1.82, 2.24) is 19.9 Å². The van der Waals surface area contributed by atoms with Crippen molar-refractivity contribution in [3.8, 4) is 0 Å². The summed E-state index contributed by atoms with van der Waals surface area (Å²) in [5, 5.41) is 0. The molecule has 1 fully saturated rings. The number of pyridine rings is 4. The summed E-state index contributed by atoms with van der Waals surface area (Å²) in [5.74, 6) is 1.15. The highest BCUT2D eigenvalue weighted by Gasteiger charge is 2.53. The Hall–Kier alpha value is -3.40. The minimum Gasteiger partial charge on any atom is -0.265 e. The topological polar surface area (TPSA) is 51.6 Å². The lowest BCUT2D eigenvalue weighted by molar-refractivity contribution is 0.220. The van der Waals surface area contributed by atoms with Crippen LogP contribution in [0.25, 0.3) is 0 Å². The molecule has 0 N–H and O–H groups in total. The van der Waals surface area contributed by atoms with Gasteiger partial charge in [-0.15, -0.1) is 0 Å². The molecule has 0 unspecified atom stereocenters. The molecule has 136 valence electrons. The normalized spacial score (nSPS) is 23.7. The van der Waals surface area contributed by atoms with Gasteiger partial charge >= 0.3 is 0 Å². The van der Waals surface area contributed by atoms with E-state index in [1.165, 1.54) is 11.1 Å². The Morgan fingerprint density at radius 3 is 1.21 bits per heavy atom. The maximum Gasteiger partial charge on any atom is 0.0447 e. The number of rotatable bonds is 4. The lowest BCUT2D eigenvalue weighted by Gasteiger charge is -2.52.